The van der Waals surface area contributed by atoms with Crippen molar-refractivity contribution >= 4 is 46.3 Å². The molecule has 6 nitrogen and oxygen atoms in total. The molecule has 0 saturated heterocycles. The number of carbonyl (C=O) groups is 2. The maximum Gasteiger partial charge on any atom is 0.411 e. The Morgan fingerprint density at radius 1 is 1.03 bits per heavy atom. The van der Waals surface area contributed by atoms with Crippen LogP contribution in [0.4, 0.5) is 16.2 Å². The van der Waals surface area contributed by atoms with Crippen LogP contribution < -0.4 is 10.2 Å². The number of rotatable bonds is 7. The molecule has 2 amide bonds. The number of benzene rings is 3. The summed E-state index contributed by atoms with van der Waals surface area (Å²) in [5.74, 6) is -0.257. The molecule has 172 valence electrons. The summed E-state index contributed by atoms with van der Waals surface area (Å²) in [7, 11) is 0. The minimum atomic E-state index is -1.04. The molecule has 0 aliphatic carbocycles. The van der Waals surface area contributed by atoms with E-state index < -0.39 is 6.09 Å². The third kappa shape index (κ3) is 5.62. The Morgan fingerprint density at radius 2 is 1.74 bits per heavy atom. The number of nitrogens with one attached hydrogen (secondary N) is 1. The van der Waals surface area contributed by atoms with E-state index in [0.717, 1.165) is 21.8 Å². The van der Waals surface area contributed by atoms with Gasteiger partial charge in [-0.05, 0) is 60.5 Å². The SMILES string of the molecule is Cc1nc(CCN(C(=O)O)c2ccc(NC(=O)c3ccccc3-c3ccc(Cl)cc3)cc2)cs1. The molecule has 4 rings (SSSR count). The van der Waals surface area contributed by atoms with Gasteiger partial charge in [-0.3, -0.25) is 9.69 Å². The summed E-state index contributed by atoms with van der Waals surface area (Å²) in [4.78, 5) is 30.5. The van der Waals surface area contributed by atoms with Gasteiger partial charge in [0.1, 0.15) is 0 Å². The van der Waals surface area contributed by atoms with Gasteiger partial charge in [-0.1, -0.05) is 41.9 Å². The van der Waals surface area contributed by atoms with Crippen molar-refractivity contribution in [2.45, 2.75) is 13.3 Å². The summed E-state index contributed by atoms with van der Waals surface area (Å²) >= 11 is 7.54. The van der Waals surface area contributed by atoms with Gasteiger partial charge in [0.2, 0.25) is 0 Å². The predicted octanol–water partition coefficient (Wildman–Crippen LogP) is 6.75. The molecule has 0 saturated carbocycles. The summed E-state index contributed by atoms with van der Waals surface area (Å²) in [5.41, 5.74) is 4.18. The number of hydrogen-bond acceptors (Lipinski definition) is 4. The summed E-state index contributed by atoms with van der Waals surface area (Å²) in [5, 5.41) is 16.1. The van der Waals surface area contributed by atoms with E-state index in [4.69, 9.17) is 11.6 Å². The van der Waals surface area contributed by atoms with Crippen LogP contribution in [0, 0.1) is 6.92 Å². The molecule has 0 spiro atoms. The number of halogens is 1. The molecule has 0 fully saturated rings. The molecule has 4 aromatic rings. The second kappa shape index (κ2) is 10.5. The van der Waals surface area contributed by atoms with Crippen molar-refractivity contribution in [3.05, 3.63) is 99.5 Å². The first kappa shape index (κ1) is 23.5. The highest BCUT2D eigenvalue weighted by Gasteiger charge is 2.16. The molecule has 0 aliphatic heterocycles. The Bertz CT molecular complexity index is 1300. The smallest absolute Gasteiger partial charge is 0.411 e. The van der Waals surface area contributed by atoms with Crippen LogP contribution >= 0.6 is 22.9 Å². The van der Waals surface area contributed by atoms with Gasteiger partial charge < -0.3 is 10.4 Å². The third-order valence-corrected chi connectivity index (χ3v) is 6.33. The topological polar surface area (TPSA) is 82.5 Å². The van der Waals surface area contributed by atoms with Gasteiger partial charge in [-0.2, -0.15) is 0 Å². The number of aromatic nitrogens is 1. The van der Waals surface area contributed by atoms with E-state index in [2.05, 4.69) is 10.3 Å². The van der Waals surface area contributed by atoms with Crippen molar-refractivity contribution in [3.8, 4) is 11.1 Å². The highest BCUT2D eigenvalue weighted by Crippen LogP contribution is 2.26. The second-order valence-corrected chi connectivity index (χ2v) is 9.09. The quantitative estimate of drug-likeness (QED) is 0.299. The van der Waals surface area contributed by atoms with Crippen LogP contribution in [0.15, 0.2) is 78.2 Å². The van der Waals surface area contributed by atoms with Crippen LogP contribution in [0.1, 0.15) is 21.1 Å². The highest BCUT2D eigenvalue weighted by atomic mass is 35.5. The molecule has 3 aromatic carbocycles. The lowest BCUT2D eigenvalue weighted by Crippen LogP contribution is -2.31. The van der Waals surface area contributed by atoms with Crippen LogP contribution in [0.25, 0.3) is 11.1 Å². The first-order chi connectivity index (χ1) is 16.4. The molecule has 0 aliphatic rings. The molecule has 1 heterocycles. The summed E-state index contributed by atoms with van der Waals surface area (Å²) in [6.45, 7) is 2.21. The molecule has 8 heteroatoms. The highest BCUT2D eigenvalue weighted by molar-refractivity contribution is 7.09. The Balaban J connectivity index is 1.47. The van der Waals surface area contributed by atoms with E-state index in [-0.39, 0.29) is 5.91 Å². The number of aryl methyl sites for hydroxylation is 1. The Morgan fingerprint density at radius 3 is 2.38 bits per heavy atom. The van der Waals surface area contributed by atoms with Gasteiger partial charge in [-0.25, -0.2) is 9.78 Å². The average Bonchev–Trinajstić information content (AvgIpc) is 3.25. The lowest BCUT2D eigenvalue weighted by molar-refractivity contribution is 0.102. The van der Waals surface area contributed by atoms with Crippen molar-refractivity contribution < 1.29 is 14.7 Å². The maximum absolute atomic E-state index is 13.0. The monoisotopic (exact) mass is 491 g/mol. The zero-order valence-electron chi connectivity index (χ0n) is 18.4. The number of carbonyl (C=O) groups excluding carboxylic acids is 1. The van der Waals surface area contributed by atoms with E-state index in [0.29, 0.717) is 34.9 Å². The standard InChI is InChI=1S/C26H22ClN3O3S/c1-17-28-21(16-34-17)14-15-30(26(32)33)22-12-10-20(11-13-22)29-25(31)24-5-3-2-4-23(24)18-6-8-19(27)9-7-18/h2-13,16H,14-15H2,1H3,(H,29,31)(H,32,33). The first-order valence-electron chi connectivity index (χ1n) is 10.6. The normalized spacial score (nSPS) is 10.6. The van der Waals surface area contributed by atoms with E-state index >= 15 is 0 Å². The van der Waals surface area contributed by atoms with Crippen LogP contribution in [-0.4, -0.2) is 28.6 Å². The number of anilines is 2. The van der Waals surface area contributed by atoms with Crippen LogP contribution in [-0.2, 0) is 6.42 Å². The number of thiazole rings is 1. The minimum Gasteiger partial charge on any atom is -0.465 e. The van der Waals surface area contributed by atoms with Gasteiger partial charge in [0.15, 0.2) is 0 Å². The lowest BCUT2D eigenvalue weighted by Gasteiger charge is -2.19. The number of nitrogens with zero attached hydrogens (tertiary/aromatic N) is 2. The average molecular weight is 492 g/mol. The molecular formula is C26H22ClN3O3S. The number of amides is 2. The van der Waals surface area contributed by atoms with Gasteiger partial charge in [0.25, 0.3) is 5.91 Å². The van der Waals surface area contributed by atoms with Crippen LogP contribution in [0.5, 0.6) is 0 Å². The van der Waals surface area contributed by atoms with Gasteiger partial charge in [0.05, 0.1) is 10.7 Å². The second-order valence-electron chi connectivity index (χ2n) is 7.60. The fraction of sp³-hybridized carbons (Fsp3) is 0.115. The molecule has 0 atom stereocenters. The number of hydrogen-bond donors (Lipinski definition) is 2. The molecule has 2 N–H and O–H groups in total. The number of carboxylic acid groups (broad SMARTS) is 1. The van der Waals surface area contributed by atoms with E-state index in [1.165, 1.54) is 4.90 Å². The van der Waals surface area contributed by atoms with E-state index in [1.54, 1.807) is 53.8 Å². The zero-order valence-corrected chi connectivity index (χ0v) is 19.9. The van der Waals surface area contributed by atoms with Crippen molar-refractivity contribution in [3.63, 3.8) is 0 Å². The molecular weight excluding hydrogens is 470 g/mol. The maximum atomic E-state index is 13.0. The zero-order chi connectivity index (χ0) is 24.1. The summed E-state index contributed by atoms with van der Waals surface area (Å²) < 4.78 is 0. The first-order valence-corrected chi connectivity index (χ1v) is 11.8. The molecule has 34 heavy (non-hydrogen) atoms. The fourth-order valence-corrected chi connectivity index (χ4v) is 4.34. The Hall–Kier alpha value is -3.68. The van der Waals surface area contributed by atoms with Crippen molar-refractivity contribution in [2.24, 2.45) is 0 Å². The molecule has 0 bridgehead atoms. The fourth-order valence-electron chi connectivity index (χ4n) is 3.57. The van der Waals surface area contributed by atoms with Crippen molar-refractivity contribution in [2.75, 3.05) is 16.8 Å². The minimum absolute atomic E-state index is 0.257. The van der Waals surface area contributed by atoms with Crippen molar-refractivity contribution in [1.82, 2.24) is 4.98 Å². The summed E-state index contributed by atoms with van der Waals surface area (Å²) in [6, 6.07) is 21.4. The largest absolute Gasteiger partial charge is 0.465 e. The van der Waals surface area contributed by atoms with Crippen LogP contribution in [0.2, 0.25) is 5.02 Å². The van der Waals surface area contributed by atoms with E-state index in [9.17, 15) is 14.7 Å². The third-order valence-electron chi connectivity index (χ3n) is 5.25. The Kier molecular flexibility index (Phi) is 7.25. The summed E-state index contributed by atoms with van der Waals surface area (Å²) in [6.07, 6.45) is -0.517. The molecule has 1 aromatic heterocycles. The van der Waals surface area contributed by atoms with Gasteiger partial charge >= 0.3 is 6.09 Å². The van der Waals surface area contributed by atoms with Crippen LogP contribution in [0.3, 0.4) is 0 Å². The Labute approximate surface area is 206 Å². The lowest BCUT2D eigenvalue weighted by atomic mass is 9.99. The van der Waals surface area contributed by atoms with E-state index in [1.807, 2.05) is 42.6 Å². The van der Waals surface area contributed by atoms with Crippen molar-refractivity contribution in [1.29, 1.82) is 0 Å². The van der Waals surface area contributed by atoms with Gasteiger partial charge in [0, 0.05) is 40.3 Å². The van der Waals surface area contributed by atoms with Gasteiger partial charge in [-0.15, -0.1) is 11.3 Å². The predicted molar refractivity (Wildman–Crippen MR) is 137 cm³/mol. The molecule has 0 unspecified atom stereocenters. The molecule has 0 radical (unpaired) electrons.